The van der Waals surface area contributed by atoms with E-state index in [1.54, 1.807) is 18.5 Å². The molecule has 0 atom stereocenters. The maximum Gasteiger partial charge on any atom is 0.332 e. The summed E-state index contributed by atoms with van der Waals surface area (Å²) in [5.41, 5.74) is 1.11. The van der Waals surface area contributed by atoms with Crippen LogP contribution in [-0.2, 0) is 20.1 Å². The molecule has 0 saturated heterocycles. The Morgan fingerprint density at radius 3 is 2.32 bits per heavy atom. The van der Waals surface area contributed by atoms with Gasteiger partial charge in [-0.2, -0.15) is 0 Å². The quantitative estimate of drug-likeness (QED) is 0.478. The third kappa shape index (κ3) is 3.82. The molecular formula is C24H24N4O3. The van der Waals surface area contributed by atoms with Crippen LogP contribution in [0.5, 0.6) is 11.5 Å². The average Bonchev–Trinajstić information content (AvgIpc) is 3.10. The van der Waals surface area contributed by atoms with Crippen LogP contribution in [0.2, 0.25) is 0 Å². The molecule has 2 heterocycles. The van der Waals surface area contributed by atoms with Crippen LogP contribution in [-0.4, -0.2) is 18.7 Å². The van der Waals surface area contributed by atoms with Gasteiger partial charge < -0.3 is 9.30 Å². The number of hydrogen-bond acceptors (Lipinski definition) is 4. The van der Waals surface area contributed by atoms with Crippen molar-refractivity contribution < 1.29 is 4.74 Å². The molecule has 0 saturated carbocycles. The van der Waals surface area contributed by atoms with Crippen molar-refractivity contribution in [2.75, 3.05) is 0 Å². The second-order valence-corrected chi connectivity index (χ2v) is 7.10. The van der Waals surface area contributed by atoms with Crippen molar-refractivity contribution >= 4 is 23.3 Å². The lowest BCUT2D eigenvalue weighted by molar-refractivity contribution is 0.482. The molecule has 0 spiro atoms. The van der Waals surface area contributed by atoms with E-state index in [1.165, 1.54) is 9.13 Å². The van der Waals surface area contributed by atoms with E-state index in [2.05, 4.69) is 4.98 Å². The van der Waals surface area contributed by atoms with Gasteiger partial charge in [0.2, 0.25) is 0 Å². The Bertz CT molecular complexity index is 1380. The first-order chi connectivity index (χ1) is 15.0. The summed E-state index contributed by atoms with van der Waals surface area (Å²) in [7, 11) is 1.79. The fourth-order valence-electron chi connectivity index (χ4n) is 3.57. The zero-order chi connectivity index (χ0) is 22.0. The normalized spacial score (nSPS) is 11.5. The summed E-state index contributed by atoms with van der Waals surface area (Å²) in [6.07, 6.45) is 3.74. The Morgan fingerprint density at radius 2 is 1.61 bits per heavy atom. The molecule has 0 amide bonds. The van der Waals surface area contributed by atoms with Crippen molar-refractivity contribution in [1.29, 1.82) is 0 Å². The van der Waals surface area contributed by atoms with Gasteiger partial charge in [0.1, 0.15) is 17.3 Å². The molecule has 7 nitrogen and oxygen atoms in total. The largest absolute Gasteiger partial charge is 0.457 e. The molecule has 31 heavy (non-hydrogen) atoms. The number of fused-ring (bicyclic) bond motifs is 1. The van der Waals surface area contributed by atoms with Crippen LogP contribution in [0.25, 0.3) is 23.3 Å². The summed E-state index contributed by atoms with van der Waals surface area (Å²) in [4.78, 5) is 30.0. The maximum absolute atomic E-state index is 12.8. The third-order valence-electron chi connectivity index (χ3n) is 5.17. The SMILES string of the molecule is CCn1c(=O)c2c(nc(/C=C/c3cccc(Oc4ccccc4)c3)n2C)n(CC)c1=O. The number of imidazole rings is 1. The summed E-state index contributed by atoms with van der Waals surface area (Å²) in [6.45, 7) is 4.41. The smallest absolute Gasteiger partial charge is 0.332 e. The molecule has 0 N–H and O–H groups in total. The highest BCUT2D eigenvalue weighted by Crippen LogP contribution is 2.23. The van der Waals surface area contributed by atoms with Crippen LogP contribution < -0.4 is 16.0 Å². The lowest BCUT2D eigenvalue weighted by atomic mass is 10.2. The van der Waals surface area contributed by atoms with Crippen LogP contribution in [0.3, 0.4) is 0 Å². The molecule has 2 aromatic carbocycles. The summed E-state index contributed by atoms with van der Waals surface area (Å²) in [5, 5.41) is 0. The minimum atomic E-state index is -0.332. The van der Waals surface area contributed by atoms with E-state index in [1.807, 2.05) is 73.7 Å². The second-order valence-electron chi connectivity index (χ2n) is 7.10. The minimum Gasteiger partial charge on any atom is -0.457 e. The van der Waals surface area contributed by atoms with Crippen molar-refractivity contribution in [2.45, 2.75) is 26.9 Å². The van der Waals surface area contributed by atoms with Gasteiger partial charge in [0.25, 0.3) is 5.56 Å². The number of benzene rings is 2. The van der Waals surface area contributed by atoms with Crippen molar-refractivity contribution in [3.8, 4) is 11.5 Å². The molecule has 0 fully saturated rings. The third-order valence-corrected chi connectivity index (χ3v) is 5.17. The molecule has 0 aliphatic heterocycles. The first-order valence-corrected chi connectivity index (χ1v) is 10.2. The Kier molecular flexibility index (Phi) is 5.58. The maximum atomic E-state index is 12.8. The van der Waals surface area contributed by atoms with E-state index >= 15 is 0 Å². The molecule has 0 radical (unpaired) electrons. The number of aromatic nitrogens is 4. The zero-order valence-electron chi connectivity index (χ0n) is 17.8. The summed E-state index contributed by atoms with van der Waals surface area (Å²) < 4.78 is 10.4. The van der Waals surface area contributed by atoms with Gasteiger partial charge in [-0.3, -0.25) is 13.9 Å². The van der Waals surface area contributed by atoms with E-state index < -0.39 is 0 Å². The van der Waals surface area contributed by atoms with E-state index in [-0.39, 0.29) is 11.2 Å². The molecular weight excluding hydrogens is 392 g/mol. The standard InChI is InChI=1S/C24H24N4O3/c1-4-27-22-21(23(29)28(5-2)24(27)30)26(3)20(25-22)15-14-17-10-9-13-19(16-17)31-18-11-7-6-8-12-18/h6-16H,4-5H2,1-3H3/b15-14+. The highest BCUT2D eigenvalue weighted by atomic mass is 16.5. The second kappa shape index (κ2) is 8.47. The number of para-hydroxylation sites is 1. The molecule has 0 unspecified atom stereocenters. The molecule has 0 aliphatic rings. The molecule has 2 aromatic heterocycles. The van der Waals surface area contributed by atoms with Crippen LogP contribution in [0, 0.1) is 0 Å². The number of hydrogen-bond donors (Lipinski definition) is 0. The van der Waals surface area contributed by atoms with Gasteiger partial charge in [-0.15, -0.1) is 0 Å². The number of rotatable bonds is 6. The predicted molar refractivity (Wildman–Crippen MR) is 122 cm³/mol. The van der Waals surface area contributed by atoms with Crippen LogP contribution in [0.15, 0.2) is 64.2 Å². The highest BCUT2D eigenvalue weighted by molar-refractivity contribution is 5.76. The van der Waals surface area contributed by atoms with Gasteiger partial charge >= 0.3 is 5.69 Å². The van der Waals surface area contributed by atoms with Gasteiger partial charge in [-0.25, -0.2) is 9.78 Å². The van der Waals surface area contributed by atoms with E-state index in [0.29, 0.717) is 30.1 Å². The number of aryl methyl sites for hydroxylation is 2. The molecule has 4 rings (SSSR count). The van der Waals surface area contributed by atoms with Gasteiger partial charge in [0.15, 0.2) is 11.2 Å². The van der Waals surface area contributed by atoms with Crippen molar-refractivity contribution in [1.82, 2.24) is 18.7 Å². The minimum absolute atomic E-state index is 0.318. The molecule has 7 heteroatoms. The lowest BCUT2D eigenvalue weighted by Gasteiger charge is -2.08. The first kappa shape index (κ1) is 20.4. The monoisotopic (exact) mass is 416 g/mol. The highest BCUT2D eigenvalue weighted by Gasteiger charge is 2.17. The van der Waals surface area contributed by atoms with E-state index in [4.69, 9.17) is 4.74 Å². The summed E-state index contributed by atoms with van der Waals surface area (Å²) >= 11 is 0. The number of nitrogens with zero attached hydrogens (tertiary/aromatic N) is 4. The van der Waals surface area contributed by atoms with E-state index in [0.717, 1.165) is 17.1 Å². The number of ether oxygens (including phenoxy) is 1. The fraction of sp³-hybridized carbons (Fsp3) is 0.208. The Hall–Kier alpha value is -3.87. The first-order valence-electron chi connectivity index (χ1n) is 10.2. The Labute approximate surface area is 179 Å². The zero-order valence-corrected chi connectivity index (χ0v) is 17.8. The van der Waals surface area contributed by atoms with Crippen molar-refractivity contribution in [2.24, 2.45) is 7.05 Å². The van der Waals surface area contributed by atoms with Gasteiger partial charge in [0, 0.05) is 20.1 Å². The Balaban J connectivity index is 1.72. The van der Waals surface area contributed by atoms with Crippen molar-refractivity contribution in [3.63, 3.8) is 0 Å². The van der Waals surface area contributed by atoms with Crippen LogP contribution in [0.1, 0.15) is 25.2 Å². The fourth-order valence-corrected chi connectivity index (χ4v) is 3.57. The molecule has 0 bridgehead atoms. The van der Waals surface area contributed by atoms with Gasteiger partial charge in [0.05, 0.1) is 0 Å². The molecule has 0 aliphatic carbocycles. The van der Waals surface area contributed by atoms with Gasteiger partial charge in [-0.05, 0) is 49.8 Å². The molecule has 4 aromatic rings. The average molecular weight is 416 g/mol. The predicted octanol–water partition coefficient (Wildman–Crippen LogP) is 3.90. The van der Waals surface area contributed by atoms with Crippen molar-refractivity contribution in [3.05, 3.63) is 86.8 Å². The lowest BCUT2D eigenvalue weighted by Crippen LogP contribution is -2.39. The molecule has 158 valence electrons. The Morgan fingerprint density at radius 1 is 0.903 bits per heavy atom. The van der Waals surface area contributed by atoms with E-state index in [9.17, 15) is 9.59 Å². The van der Waals surface area contributed by atoms with Crippen LogP contribution >= 0.6 is 0 Å². The summed E-state index contributed by atoms with van der Waals surface area (Å²) in [6, 6.07) is 17.3. The topological polar surface area (TPSA) is 71.1 Å². The van der Waals surface area contributed by atoms with Crippen LogP contribution in [0.4, 0.5) is 0 Å². The van der Waals surface area contributed by atoms with Gasteiger partial charge in [-0.1, -0.05) is 36.4 Å². The summed E-state index contributed by atoms with van der Waals surface area (Å²) in [5.74, 6) is 2.09.